The van der Waals surface area contributed by atoms with E-state index >= 15 is 0 Å². The Morgan fingerprint density at radius 3 is 1.60 bits per heavy atom. The molecular formula is C59H62Cl2N6O8. The fourth-order valence-electron chi connectivity index (χ4n) is 9.82. The van der Waals surface area contributed by atoms with Gasteiger partial charge in [0.15, 0.2) is 0 Å². The Morgan fingerprint density at radius 2 is 1.12 bits per heavy atom. The summed E-state index contributed by atoms with van der Waals surface area (Å²) in [7, 11) is 4.56. The zero-order chi connectivity index (χ0) is 52.8. The highest BCUT2D eigenvalue weighted by Gasteiger charge is 2.32. The first-order valence-corrected chi connectivity index (χ1v) is 25.9. The lowest BCUT2D eigenvalue weighted by molar-refractivity contribution is -0.149. The first-order valence-electron chi connectivity index (χ1n) is 25.1. The van der Waals surface area contributed by atoms with Gasteiger partial charge in [-0.1, -0.05) is 72.4 Å². The van der Waals surface area contributed by atoms with Gasteiger partial charge in [-0.05, 0) is 110 Å². The molecule has 75 heavy (non-hydrogen) atoms. The number of hydrogen-bond donors (Lipinski definition) is 0. The van der Waals surface area contributed by atoms with Crippen molar-refractivity contribution in [1.82, 2.24) is 19.8 Å². The van der Waals surface area contributed by atoms with E-state index in [0.29, 0.717) is 58.1 Å². The minimum Gasteiger partial charge on any atom is -0.488 e. The summed E-state index contributed by atoms with van der Waals surface area (Å²) in [5.74, 6) is 1.52. The van der Waals surface area contributed by atoms with Crippen molar-refractivity contribution in [2.45, 2.75) is 104 Å². The largest absolute Gasteiger partial charge is 0.488 e. The average molecular weight is 1050 g/mol. The van der Waals surface area contributed by atoms with Crippen LogP contribution < -0.4 is 18.9 Å². The van der Waals surface area contributed by atoms with Gasteiger partial charge in [-0.25, -0.2) is 0 Å². The molecule has 16 heteroatoms. The van der Waals surface area contributed by atoms with Gasteiger partial charge in [-0.15, -0.1) is 0 Å². The molecule has 2 atom stereocenters. The average Bonchev–Trinajstić information content (AvgIpc) is 3.43. The summed E-state index contributed by atoms with van der Waals surface area (Å²) in [6, 6.07) is 24.8. The molecule has 4 heterocycles. The molecule has 390 valence electrons. The highest BCUT2D eigenvalue weighted by molar-refractivity contribution is 6.32. The van der Waals surface area contributed by atoms with Crippen molar-refractivity contribution < 1.29 is 38.0 Å². The topological polar surface area (TPSA) is 158 Å². The zero-order valence-corrected chi connectivity index (χ0v) is 44.6. The predicted molar refractivity (Wildman–Crippen MR) is 288 cm³/mol. The van der Waals surface area contributed by atoms with E-state index in [-0.39, 0.29) is 50.4 Å². The standard InChI is InChI=1S/C59H62Cl2N6O8/c1-38-44(36-74-56-24-54(72-34-42-20-40(26-62)28-64-30-42)46(22-50(56)60)32-66-18-8-6-16-52(66)58(68)70-4)12-10-14-48(38)49-15-11-13-45(39(49)2)37-75-57-25-55(73-35-43-21-41(27-63-3)29-65-31-43)47(23-51(57)61)33-67-19-9-7-17-53(67)59(69)71-5/h10-15,20-25,27-31,52-53H,6-9,16-19,32-37H2,1-5H3/b63-27+/t52-,53-/m0/s1. The maximum absolute atomic E-state index is 12.8. The fraction of sp³-hybridized carbons (Fsp3) is 0.356. The SMILES string of the molecule is C/N=C/c1cncc(COc2cc(OCc3cccc(-c4cccc(COc5cc(OCc6cncc(C#N)c6)c(CN6CCCC[C@H]6C(=O)OC)cc5Cl)c4C)c3C)c(Cl)cc2CN2CCCC[C@H]2C(=O)OC)c1. The number of nitriles is 1. The Hall–Kier alpha value is -7.02. The monoisotopic (exact) mass is 1050 g/mol. The van der Waals surface area contributed by atoms with Crippen LogP contribution in [0.1, 0.15) is 94.2 Å². The van der Waals surface area contributed by atoms with Crippen molar-refractivity contribution in [3.8, 4) is 40.2 Å². The van der Waals surface area contributed by atoms with Crippen LogP contribution in [-0.4, -0.2) is 84.4 Å². The number of ether oxygens (including phenoxy) is 6. The predicted octanol–water partition coefficient (Wildman–Crippen LogP) is 11.4. The molecule has 8 rings (SSSR count). The van der Waals surface area contributed by atoms with Crippen LogP contribution in [0, 0.1) is 25.2 Å². The van der Waals surface area contributed by atoms with Crippen LogP contribution in [0.3, 0.4) is 0 Å². The maximum Gasteiger partial charge on any atom is 0.323 e. The van der Waals surface area contributed by atoms with E-state index in [2.05, 4.69) is 56.8 Å². The van der Waals surface area contributed by atoms with Gasteiger partial charge in [0.1, 0.15) is 67.6 Å². The van der Waals surface area contributed by atoms with E-state index in [1.165, 1.54) is 20.4 Å². The molecular weight excluding hydrogens is 992 g/mol. The van der Waals surface area contributed by atoms with Crippen LogP contribution in [0.25, 0.3) is 11.1 Å². The third-order valence-electron chi connectivity index (χ3n) is 13.9. The summed E-state index contributed by atoms with van der Waals surface area (Å²) in [6.45, 7) is 7.33. The molecule has 6 aromatic rings. The van der Waals surface area contributed by atoms with Gasteiger partial charge < -0.3 is 28.4 Å². The summed E-state index contributed by atoms with van der Waals surface area (Å²) in [5, 5.41) is 10.3. The lowest BCUT2D eigenvalue weighted by atomic mass is 9.92. The number of hydrogen-bond acceptors (Lipinski definition) is 14. The summed E-state index contributed by atoms with van der Waals surface area (Å²) in [6.07, 6.45) is 13.7. The number of methoxy groups -OCH3 is 2. The van der Waals surface area contributed by atoms with Crippen LogP contribution in [-0.2, 0) is 58.6 Å². The number of likely N-dealkylation sites (tertiary alicyclic amines) is 2. The molecule has 2 aromatic heterocycles. The molecule has 2 saturated heterocycles. The molecule has 0 aliphatic carbocycles. The summed E-state index contributed by atoms with van der Waals surface area (Å²) in [5.41, 5.74) is 10.6. The maximum atomic E-state index is 12.8. The fourth-order valence-corrected chi connectivity index (χ4v) is 10.3. The quantitative estimate of drug-likeness (QED) is 0.0526. The second kappa shape index (κ2) is 26.0. The molecule has 2 aliphatic rings. The van der Waals surface area contributed by atoms with Crippen molar-refractivity contribution >= 4 is 41.4 Å². The molecule has 0 saturated carbocycles. The number of piperidine rings is 2. The number of rotatable bonds is 20. The van der Waals surface area contributed by atoms with Gasteiger partial charge in [-0.2, -0.15) is 5.26 Å². The summed E-state index contributed by atoms with van der Waals surface area (Å²) >= 11 is 14.0. The van der Waals surface area contributed by atoms with Crippen LogP contribution >= 0.6 is 23.2 Å². The van der Waals surface area contributed by atoms with Crippen molar-refractivity contribution in [2.75, 3.05) is 34.4 Å². The second-order valence-electron chi connectivity index (χ2n) is 18.8. The Bertz CT molecular complexity index is 3070. The Kier molecular flexibility index (Phi) is 18.8. The second-order valence-corrected chi connectivity index (χ2v) is 19.6. The number of pyridine rings is 2. The van der Waals surface area contributed by atoms with Crippen molar-refractivity contribution in [2.24, 2.45) is 4.99 Å². The van der Waals surface area contributed by atoms with Crippen LogP contribution in [0.2, 0.25) is 10.0 Å². The normalized spacial score (nSPS) is 16.0. The number of nitrogens with zero attached hydrogens (tertiary/aromatic N) is 6. The molecule has 0 unspecified atom stereocenters. The lowest BCUT2D eigenvalue weighted by Gasteiger charge is -2.34. The van der Waals surface area contributed by atoms with E-state index in [0.717, 1.165) is 106 Å². The number of carbonyl (C=O) groups excluding carboxylic acids is 2. The molecule has 2 aliphatic heterocycles. The van der Waals surface area contributed by atoms with E-state index < -0.39 is 0 Å². The lowest BCUT2D eigenvalue weighted by Crippen LogP contribution is -2.44. The number of carbonyl (C=O) groups is 2. The molecule has 2 fully saturated rings. The summed E-state index contributed by atoms with van der Waals surface area (Å²) < 4.78 is 36.3. The molecule has 14 nitrogen and oxygen atoms in total. The van der Waals surface area contributed by atoms with Crippen LogP contribution in [0.15, 0.2) is 103 Å². The van der Waals surface area contributed by atoms with Gasteiger partial charge in [-0.3, -0.25) is 34.3 Å². The molecule has 0 spiro atoms. The van der Waals surface area contributed by atoms with Crippen molar-refractivity contribution in [3.05, 3.63) is 163 Å². The van der Waals surface area contributed by atoms with Gasteiger partial charge in [0, 0.05) is 91.1 Å². The van der Waals surface area contributed by atoms with Gasteiger partial charge in [0.2, 0.25) is 0 Å². The number of aliphatic imine (C=N–C) groups is 1. The minimum atomic E-state index is -0.376. The van der Waals surface area contributed by atoms with E-state index in [1.54, 1.807) is 44.0 Å². The van der Waals surface area contributed by atoms with Crippen molar-refractivity contribution in [1.29, 1.82) is 5.26 Å². The number of esters is 2. The minimum absolute atomic E-state index is 0.152. The molecule has 0 N–H and O–H groups in total. The summed E-state index contributed by atoms with van der Waals surface area (Å²) in [4.78, 5) is 42.6. The van der Waals surface area contributed by atoms with Gasteiger partial charge >= 0.3 is 11.9 Å². The van der Waals surface area contributed by atoms with E-state index in [4.69, 9.17) is 51.6 Å². The van der Waals surface area contributed by atoms with Crippen LogP contribution in [0.4, 0.5) is 0 Å². The Morgan fingerprint density at radius 1 is 0.640 bits per heavy atom. The van der Waals surface area contributed by atoms with E-state index in [9.17, 15) is 14.9 Å². The zero-order valence-electron chi connectivity index (χ0n) is 43.1. The molecule has 4 aromatic carbocycles. The number of benzene rings is 4. The van der Waals surface area contributed by atoms with Gasteiger partial charge in [0.25, 0.3) is 0 Å². The molecule has 0 amide bonds. The molecule has 0 bridgehead atoms. The Labute approximate surface area is 449 Å². The molecule has 0 radical (unpaired) electrons. The van der Waals surface area contributed by atoms with Gasteiger partial charge in [0.05, 0.1) is 29.8 Å². The Balaban J connectivity index is 1.01. The highest BCUT2D eigenvalue weighted by Crippen LogP contribution is 2.39. The smallest absolute Gasteiger partial charge is 0.323 e. The number of aromatic nitrogens is 2. The first kappa shape index (κ1) is 54.2. The third kappa shape index (κ3) is 13.6. The highest BCUT2D eigenvalue weighted by atomic mass is 35.5. The number of halogens is 2. The van der Waals surface area contributed by atoms with Crippen molar-refractivity contribution in [3.63, 3.8) is 0 Å². The van der Waals surface area contributed by atoms with Crippen LogP contribution in [0.5, 0.6) is 23.0 Å². The third-order valence-corrected chi connectivity index (χ3v) is 14.5. The van der Waals surface area contributed by atoms with E-state index in [1.807, 2.05) is 48.5 Å². The first-order chi connectivity index (χ1) is 36.5.